The molecule has 0 saturated heterocycles. The second-order valence-electron chi connectivity index (χ2n) is 6.60. The summed E-state index contributed by atoms with van der Waals surface area (Å²) in [5.41, 5.74) is 2.02. The molecule has 0 spiro atoms. The lowest BCUT2D eigenvalue weighted by Gasteiger charge is -2.21. The molecule has 0 atom stereocenters. The van der Waals surface area contributed by atoms with E-state index in [0.29, 0.717) is 24.1 Å². The number of benzene rings is 2. The minimum Gasteiger partial charge on any atom is -0.488 e. The summed E-state index contributed by atoms with van der Waals surface area (Å²) in [5.74, 6) is -1.03. The number of nitrogens with zero attached hydrogens (tertiary/aromatic N) is 1. The molecule has 1 aromatic heterocycles. The minimum absolute atomic E-state index is 0.0644. The van der Waals surface area contributed by atoms with Gasteiger partial charge >= 0.3 is 6.18 Å². The Labute approximate surface area is 163 Å². The van der Waals surface area contributed by atoms with Gasteiger partial charge in [0, 0.05) is 35.3 Å². The van der Waals surface area contributed by atoms with Crippen LogP contribution in [0, 0.1) is 5.82 Å². The van der Waals surface area contributed by atoms with Crippen LogP contribution in [0.5, 0.6) is 5.75 Å². The molecule has 29 heavy (non-hydrogen) atoms. The minimum atomic E-state index is -4.69. The lowest BCUT2D eigenvalue weighted by Crippen LogP contribution is -2.16. The summed E-state index contributed by atoms with van der Waals surface area (Å²) in [5, 5.41) is 2.61. The summed E-state index contributed by atoms with van der Waals surface area (Å²) >= 11 is 0. The van der Waals surface area contributed by atoms with Gasteiger partial charge in [-0.3, -0.25) is 9.78 Å². The van der Waals surface area contributed by atoms with E-state index < -0.39 is 29.9 Å². The van der Waals surface area contributed by atoms with Crippen LogP contribution in [0.25, 0.3) is 11.1 Å². The number of aromatic nitrogens is 1. The van der Waals surface area contributed by atoms with Crippen molar-refractivity contribution in [2.45, 2.75) is 19.2 Å². The lowest BCUT2D eigenvalue weighted by molar-refractivity contribution is -0.137. The van der Waals surface area contributed by atoms with Crippen LogP contribution >= 0.6 is 0 Å². The van der Waals surface area contributed by atoms with Crippen molar-refractivity contribution in [2.75, 3.05) is 5.32 Å². The fourth-order valence-corrected chi connectivity index (χ4v) is 3.21. The number of carbonyl (C=O) groups is 1. The Morgan fingerprint density at radius 1 is 1.10 bits per heavy atom. The number of halogens is 4. The predicted octanol–water partition coefficient (Wildman–Crippen LogP) is 4.98. The molecule has 4 nitrogen and oxygen atoms in total. The van der Waals surface area contributed by atoms with Crippen LogP contribution in [0.4, 0.5) is 23.2 Å². The molecule has 0 aliphatic carbocycles. The van der Waals surface area contributed by atoms with Crippen molar-refractivity contribution in [2.24, 2.45) is 0 Å². The largest absolute Gasteiger partial charge is 0.488 e. The van der Waals surface area contributed by atoms with Gasteiger partial charge < -0.3 is 10.1 Å². The van der Waals surface area contributed by atoms with Crippen LogP contribution in [-0.4, -0.2) is 10.9 Å². The molecule has 0 unspecified atom stereocenters. The number of carbonyl (C=O) groups excluding carboxylic acids is 1. The number of amides is 1. The molecule has 0 radical (unpaired) electrons. The van der Waals surface area contributed by atoms with Gasteiger partial charge in [-0.2, -0.15) is 13.2 Å². The average Bonchev–Trinajstić information content (AvgIpc) is 2.66. The van der Waals surface area contributed by atoms with E-state index >= 15 is 0 Å². The topological polar surface area (TPSA) is 51.2 Å². The average molecular weight is 402 g/mol. The highest BCUT2D eigenvalue weighted by atomic mass is 19.4. The number of fused-ring (bicyclic) bond motifs is 3. The van der Waals surface area contributed by atoms with Crippen molar-refractivity contribution >= 4 is 11.6 Å². The molecule has 1 amide bonds. The molecule has 2 aromatic carbocycles. The molecule has 0 bridgehead atoms. The molecule has 1 aliphatic rings. The molecule has 148 valence electrons. The van der Waals surface area contributed by atoms with E-state index in [1.165, 1.54) is 0 Å². The highest BCUT2D eigenvalue weighted by Crippen LogP contribution is 2.38. The molecular weight excluding hydrogens is 388 g/mol. The SMILES string of the molecule is O=C(Cc1cc(F)cc(C(F)(F)F)c1)Nc1ccc2c(c1)OCc1cnccc1-2. The molecule has 8 heteroatoms. The third-order valence-electron chi connectivity index (χ3n) is 4.49. The van der Waals surface area contributed by atoms with E-state index in [0.717, 1.165) is 28.8 Å². The number of hydrogen-bond acceptors (Lipinski definition) is 3. The molecule has 1 N–H and O–H groups in total. The van der Waals surface area contributed by atoms with E-state index in [2.05, 4.69) is 10.3 Å². The number of anilines is 1. The summed E-state index contributed by atoms with van der Waals surface area (Å²) < 4.78 is 57.6. The zero-order chi connectivity index (χ0) is 20.6. The van der Waals surface area contributed by atoms with Gasteiger partial charge in [-0.05, 0) is 47.5 Å². The summed E-state index contributed by atoms with van der Waals surface area (Å²) in [7, 11) is 0. The van der Waals surface area contributed by atoms with Crippen molar-refractivity contribution in [1.29, 1.82) is 0 Å². The quantitative estimate of drug-likeness (QED) is 0.629. The second-order valence-corrected chi connectivity index (χ2v) is 6.60. The summed E-state index contributed by atoms with van der Waals surface area (Å²) in [6, 6.07) is 9.05. The van der Waals surface area contributed by atoms with Crippen LogP contribution in [0.2, 0.25) is 0 Å². The summed E-state index contributed by atoms with van der Waals surface area (Å²) in [4.78, 5) is 16.3. The highest BCUT2D eigenvalue weighted by molar-refractivity contribution is 5.93. The first-order valence-corrected chi connectivity index (χ1v) is 8.66. The fraction of sp³-hybridized carbons (Fsp3) is 0.143. The summed E-state index contributed by atoms with van der Waals surface area (Å²) in [6.07, 6.45) is -1.68. The van der Waals surface area contributed by atoms with Crippen LogP contribution in [0.3, 0.4) is 0 Å². The predicted molar refractivity (Wildman–Crippen MR) is 97.7 cm³/mol. The number of rotatable bonds is 3. The first-order valence-electron chi connectivity index (χ1n) is 8.66. The smallest absolute Gasteiger partial charge is 0.416 e. The van der Waals surface area contributed by atoms with Crippen LogP contribution in [0.15, 0.2) is 54.9 Å². The Kier molecular flexibility index (Phi) is 4.70. The monoisotopic (exact) mass is 402 g/mol. The van der Waals surface area contributed by atoms with Crippen LogP contribution in [-0.2, 0) is 24.0 Å². The van der Waals surface area contributed by atoms with E-state index in [1.54, 1.807) is 30.6 Å². The fourth-order valence-electron chi connectivity index (χ4n) is 3.21. The van der Waals surface area contributed by atoms with E-state index in [9.17, 15) is 22.4 Å². The first-order chi connectivity index (χ1) is 13.8. The lowest BCUT2D eigenvalue weighted by atomic mass is 9.98. The van der Waals surface area contributed by atoms with Gasteiger partial charge in [-0.25, -0.2) is 4.39 Å². The van der Waals surface area contributed by atoms with Crippen molar-refractivity contribution in [3.05, 3.63) is 77.4 Å². The zero-order valence-corrected chi connectivity index (χ0v) is 14.9. The number of nitrogens with one attached hydrogen (secondary N) is 1. The number of ether oxygens (including phenoxy) is 1. The standard InChI is InChI=1S/C21H14F4N2O2/c22-15-6-12(5-14(8-15)21(23,24)25)7-20(28)27-16-1-2-18-17-3-4-26-10-13(17)11-29-19(18)9-16/h1-6,8-10H,7,11H2,(H,27,28). The number of pyridine rings is 1. The maximum absolute atomic E-state index is 13.5. The zero-order valence-electron chi connectivity index (χ0n) is 14.9. The van der Waals surface area contributed by atoms with Gasteiger partial charge in [-0.1, -0.05) is 0 Å². The number of alkyl halides is 3. The maximum atomic E-state index is 13.5. The Morgan fingerprint density at radius 3 is 2.72 bits per heavy atom. The highest BCUT2D eigenvalue weighted by Gasteiger charge is 2.31. The van der Waals surface area contributed by atoms with E-state index in [-0.39, 0.29) is 5.56 Å². The third kappa shape index (κ3) is 4.06. The molecule has 0 fully saturated rings. The van der Waals surface area contributed by atoms with Crippen molar-refractivity contribution < 1.29 is 27.1 Å². The Hall–Kier alpha value is -3.42. The van der Waals surface area contributed by atoms with Gasteiger partial charge in [0.1, 0.15) is 18.2 Å². The van der Waals surface area contributed by atoms with Crippen LogP contribution in [0.1, 0.15) is 16.7 Å². The Balaban J connectivity index is 1.51. The van der Waals surface area contributed by atoms with Gasteiger partial charge in [0.2, 0.25) is 5.91 Å². The molecule has 1 aliphatic heterocycles. The molecule has 0 saturated carbocycles. The van der Waals surface area contributed by atoms with E-state index in [1.807, 2.05) is 6.07 Å². The maximum Gasteiger partial charge on any atom is 0.416 e. The van der Waals surface area contributed by atoms with Crippen molar-refractivity contribution in [3.63, 3.8) is 0 Å². The molecule has 2 heterocycles. The molecule has 4 rings (SSSR count). The van der Waals surface area contributed by atoms with E-state index in [4.69, 9.17) is 4.74 Å². The van der Waals surface area contributed by atoms with Gasteiger partial charge in [0.15, 0.2) is 0 Å². The number of hydrogen-bond donors (Lipinski definition) is 1. The Bertz CT molecular complexity index is 1100. The van der Waals surface area contributed by atoms with Crippen molar-refractivity contribution in [3.8, 4) is 16.9 Å². The van der Waals surface area contributed by atoms with Crippen LogP contribution < -0.4 is 10.1 Å². The first kappa shape index (κ1) is 18.9. The second kappa shape index (κ2) is 7.20. The summed E-state index contributed by atoms with van der Waals surface area (Å²) in [6.45, 7) is 0.344. The Morgan fingerprint density at radius 2 is 1.93 bits per heavy atom. The molecular formula is C21H14F4N2O2. The van der Waals surface area contributed by atoms with Gasteiger partial charge in [0.25, 0.3) is 0 Å². The van der Waals surface area contributed by atoms with Gasteiger partial charge in [0.05, 0.1) is 12.0 Å². The third-order valence-corrected chi connectivity index (χ3v) is 4.49. The van der Waals surface area contributed by atoms with Crippen molar-refractivity contribution in [1.82, 2.24) is 4.98 Å². The van der Waals surface area contributed by atoms with Gasteiger partial charge in [-0.15, -0.1) is 0 Å². The molecule has 3 aromatic rings. The normalized spacial score (nSPS) is 12.6.